The Morgan fingerprint density at radius 3 is 2.64 bits per heavy atom. The van der Waals surface area contributed by atoms with Crippen LogP contribution in [0.1, 0.15) is 10.4 Å². The lowest BCUT2D eigenvalue weighted by molar-refractivity contribution is 0.154. The molecule has 0 aromatic carbocycles. The summed E-state index contributed by atoms with van der Waals surface area (Å²) in [6, 6.07) is 2.09. The monoisotopic (exact) mass is 461 g/mol. The van der Waals surface area contributed by atoms with Gasteiger partial charge in [-0.3, -0.25) is 4.99 Å². The van der Waals surface area contributed by atoms with Crippen molar-refractivity contribution >= 4 is 51.1 Å². The summed E-state index contributed by atoms with van der Waals surface area (Å²) < 4.78 is 27.1. The van der Waals surface area contributed by atoms with Gasteiger partial charge in [-0.25, -0.2) is 8.42 Å². The minimum atomic E-state index is -2.95. The summed E-state index contributed by atoms with van der Waals surface area (Å²) in [7, 11) is -1.24. The maximum absolute atomic E-state index is 10.9. The highest BCUT2D eigenvalue weighted by Crippen LogP contribution is 2.14. The van der Waals surface area contributed by atoms with Gasteiger partial charge in [0, 0.05) is 24.7 Å². The van der Waals surface area contributed by atoms with Gasteiger partial charge >= 0.3 is 0 Å². The van der Waals surface area contributed by atoms with Gasteiger partial charge in [0.05, 0.1) is 25.5 Å². The van der Waals surface area contributed by atoms with Crippen molar-refractivity contribution in [3.63, 3.8) is 0 Å². The van der Waals surface area contributed by atoms with Gasteiger partial charge in [-0.1, -0.05) is 0 Å². The predicted octanol–water partition coefficient (Wildman–Crippen LogP) is 1.40. The van der Waals surface area contributed by atoms with Gasteiger partial charge in [-0.05, 0) is 23.9 Å². The number of sulfone groups is 1. The number of halogens is 1. The Morgan fingerprint density at radius 1 is 1.36 bits per heavy atom. The number of aliphatic imine (C=N–C) groups is 1. The van der Waals surface area contributed by atoms with Crippen LogP contribution in [0.2, 0.25) is 0 Å². The highest BCUT2D eigenvalue weighted by molar-refractivity contribution is 14.0. The number of aryl methyl sites for hydroxylation is 1. The van der Waals surface area contributed by atoms with Crippen LogP contribution < -0.4 is 10.6 Å². The molecule has 0 saturated heterocycles. The van der Waals surface area contributed by atoms with Crippen LogP contribution in [0.25, 0.3) is 0 Å². The fraction of sp³-hybridized carbons (Fsp3) is 0.615. The average Bonchev–Trinajstić information content (AvgIpc) is 2.81. The molecule has 0 spiro atoms. The van der Waals surface area contributed by atoms with Crippen molar-refractivity contribution in [2.24, 2.45) is 4.99 Å². The van der Waals surface area contributed by atoms with Crippen molar-refractivity contribution in [3.05, 3.63) is 21.9 Å². The second-order valence-electron chi connectivity index (χ2n) is 4.62. The molecule has 1 rings (SSSR count). The van der Waals surface area contributed by atoms with Crippen LogP contribution in [0, 0.1) is 6.92 Å². The van der Waals surface area contributed by atoms with Crippen molar-refractivity contribution in [1.29, 1.82) is 0 Å². The van der Waals surface area contributed by atoms with Crippen molar-refractivity contribution in [3.8, 4) is 0 Å². The Kier molecular flexibility index (Phi) is 11.0. The van der Waals surface area contributed by atoms with E-state index in [2.05, 4.69) is 34.0 Å². The van der Waals surface area contributed by atoms with Gasteiger partial charge in [0.1, 0.15) is 9.84 Å². The van der Waals surface area contributed by atoms with Gasteiger partial charge in [-0.15, -0.1) is 35.3 Å². The molecule has 0 aliphatic rings. The molecule has 2 N–H and O–H groups in total. The van der Waals surface area contributed by atoms with Gasteiger partial charge in [0.25, 0.3) is 0 Å². The lowest BCUT2D eigenvalue weighted by Crippen LogP contribution is -2.38. The lowest BCUT2D eigenvalue weighted by Gasteiger charge is -2.11. The molecule has 1 heterocycles. The Balaban J connectivity index is 0.00000441. The van der Waals surface area contributed by atoms with Crippen LogP contribution in [0.15, 0.2) is 16.4 Å². The Morgan fingerprint density at radius 2 is 2.09 bits per heavy atom. The van der Waals surface area contributed by atoms with E-state index < -0.39 is 9.84 Å². The fourth-order valence-corrected chi connectivity index (χ4v) is 2.79. The van der Waals surface area contributed by atoms with E-state index in [1.54, 1.807) is 18.4 Å². The third kappa shape index (κ3) is 9.59. The predicted molar refractivity (Wildman–Crippen MR) is 103 cm³/mol. The first-order valence-corrected chi connectivity index (χ1v) is 9.59. The second kappa shape index (κ2) is 11.2. The van der Waals surface area contributed by atoms with Crippen LogP contribution in [0.4, 0.5) is 0 Å². The van der Waals surface area contributed by atoms with E-state index in [-0.39, 0.29) is 36.3 Å². The number of hydrogen-bond donors (Lipinski definition) is 2. The van der Waals surface area contributed by atoms with Crippen molar-refractivity contribution < 1.29 is 13.2 Å². The first-order chi connectivity index (χ1) is 9.92. The molecule has 0 fully saturated rings. The normalized spacial score (nSPS) is 11.9. The molecule has 0 unspecified atom stereocenters. The summed E-state index contributed by atoms with van der Waals surface area (Å²) >= 11 is 1.71. The smallest absolute Gasteiger partial charge is 0.191 e. The number of thiophene rings is 1. The van der Waals surface area contributed by atoms with Crippen molar-refractivity contribution in [1.82, 2.24) is 10.6 Å². The SMILES string of the molecule is CN=C(NCCOCCS(C)(=O)=O)NCc1sccc1C.I. The summed E-state index contributed by atoms with van der Waals surface area (Å²) in [4.78, 5) is 5.40. The molecule has 0 atom stereocenters. The topological polar surface area (TPSA) is 79.8 Å². The summed E-state index contributed by atoms with van der Waals surface area (Å²) in [6.07, 6.45) is 1.20. The van der Waals surface area contributed by atoms with Crippen LogP contribution >= 0.6 is 35.3 Å². The third-order valence-electron chi connectivity index (χ3n) is 2.75. The molecule has 0 saturated carbocycles. The summed E-state index contributed by atoms with van der Waals surface area (Å²) in [5.74, 6) is 0.756. The number of hydrogen-bond acceptors (Lipinski definition) is 5. The van der Waals surface area contributed by atoms with Gasteiger partial charge in [0.2, 0.25) is 0 Å². The van der Waals surface area contributed by atoms with Crippen LogP contribution in [-0.4, -0.2) is 53.2 Å². The zero-order valence-electron chi connectivity index (χ0n) is 13.1. The quantitative estimate of drug-likeness (QED) is 0.265. The molecular weight excluding hydrogens is 437 g/mol. The number of rotatable bonds is 8. The van der Waals surface area contributed by atoms with Gasteiger partial charge < -0.3 is 15.4 Å². The third-order valence-corrected chi connectivity index (χ3v) is 4.68. The Hall–Kier alpha value is -0.390. The van der Waals surface area contributed by atoms with E-state index in [0.717, 1.165) is 6.54 Å². The van der Waals surface area contributed by atoms with E-state index in [0.29, 0.717) is 19.1 Å². The zero-order chi connectivity index (χ0) is 15.7. The standard InChI is InChI=1S/C13H23N3O3S2.HI/c1-11-4-8-20-12(11)10-16-13(14-2)15-5-6-19-7-9-21(3,17)18;/h4,8H,5-7,9-10H2,1-3H3,(H2,14,15,16);1H. The molecule has 0 bridgehead atoms. The number of ether oxygens (including phenoxy) is 1. The van der Waals surface area contributed by atoms with Gasteiger partial charge in [0.15, 0.2) is 5.96 Å². The minimum Gasteiger partial charge on any atom is -0.379 e. The first-order valence-electron chi connectivity index (χ1n) is 6.65. The molecule has 1 aromatic rings. The largest absolute Gasteiger partial charge is 0.379 e. The zero-order valence-corrected chi connectivity index (χ0v) is 17.1. The maximum Gasteiger partial charge on any atom is 0.191 e. The molecule has 0 radical (unpaired) electrons. The van der Waals surface area contributed by atoms with Crippen molar-refractivity contribution in [2.45, 2.75) is 13.5 Å². The molecular formula is C13H24IN3O3S2. The number of nitrogens with one attached hydrogen (secondary N) is 2. The molecule has 1 aromatic heterocycles. The van der Waals surface area contributed by atoms with E-state index in [9.17, 15) is 8.42 Å². The number of guanidine groups is 1. The fourth-order valence-electron chi connectivity index (χ4n) is 1.52. The van der Waals surface area contributed by atoms with Crippen LogP contribution in [-0.2, 0) is 21.1 Å². The number of nitrogens with zero attached hydrogens (tertiary/aromatic N) is 1. The van der Waals surface area contributed by atoms with Crippen molar-refractivity contribution in [2.75, 3.05) is 38.8 Å². The molecule has 0 aliphatic heterocycles. The maximum atomic E-state index is 10.9. The minimum absolute atomic E-state index is 0. The molecule has 0 aliphatic carbocycles. The Bertz CT molecular complexity index is 559. The molecule has 22 heavy (non-hydrogen) atoms. The molecule has 128 valence electrons. The van der Waals surface area contributed by atoms with E-state index in [1.165, 1.54) is 16.7 Å². The summed E-state index contributed by atoms with van der Waals surface area (Å²) in [5, 5.41) is 8.41. The molecule has 9 heteroatoms. The van der Waals surface area contributed by atoms with E-state index in [1.807, 2.05) is 0 Å². The second-order valence-corrected chi connectivity index (χ2v) is 7.88. The van der Waals surface area contributed by atoms with Crippen LogP contribution in [0.3, 0.4) is 0 Å². The van der Waals surface area contributed by atoms with Gasteiger partial charge in [-0.2, -0.15) is 0 Å². The van der Waals surface area contributed by atoms with Crippen LogP contribution in [0.5, 0.6) is 0 Å². The average molecular weight is 461 g/mol. The highest BCUT2D eigenvalue weighted by atomic mass is 127. The molecule has 0 amide bonds. The summed E-state index contributed by atoms with van der Waals surface area (Å²) in [5.41, 5.74) is 1.27. The first kappa shape index (κ1) is 21.6. The Labute approximate surface area is 153 Å². The van der Waals surface area contributed by atoms with E-state index >= 15 is 0 Å². The highest BCUT2D eigenvalue weighted by Gasteiger charge is 2.03. The summed E-state index contributed by atoms with van der Waals surface area (Å²) in [6.45, 7) is 4.06. The van der Waals surface area contributed by atoms with E-state index in [4.69, 9.17) is 4.74 Å². The molecule has 6 nitrogen and oxygen atoms in total. The lowest BCUT2D eigenvalue weighted by atomic mass is 10.3.